The molecule has 1 aromatic heterocycles. The zero-order valence-electron chi connectivity index (χ0n) is 11.1. The Bertz CT molecular complexity index is 674. The van der Waals surface area contributed by atoms with Crippen LogP contribution in [0, 0.1) is 12.7 Å². The number of benzene rings is 1. The monoisotopic (exact) mass is 254 g/mol. The van der Waals surface area contributed by atoms with Crippen LogP contribution in [0.15, 0.2) is 35.3 Å². The third-order valence-corrected chi connectivity index (χ3v) is 3.44. The molecule has 1 aliphatic heterocycles. The van der Waals surface area contributed by atoms with Gasteiger partial charge in [-0.05, 0) is 25.5 Å². The van der Waals surface area contributed by atoms with Crippen molar-refractivity contribution >= 4 is 5.71 Å². The van der Waals surface area contributed by atoms with E-state index in [2.05, 4.69) is 16.0 Å². The predicted octanol–water partition coefficient (Wildman–Crippen LogP) is 3.44. The second-order valence-corrected chi connectivity index (χ2v) is 4.98. The van der Waals surface area contributed by atoms with Crippen LogP contribution in [0.5, 0.6) is 0 Å². The first-order valence-electron chi connectivity index (χ1n) is 6.39. The lowest BCUT2D eigenvalue weighted by atomic mass is 10.0. The Morgan fingerprint density at radius 2 is 2.05 bits per heavy atom. The van der Waals surface area contributed by atoms with Crippen molar-refractivity contribution in [1.82, 2.24) is 4.98 Å². The first kappa shape index (κ1) is 12.0. The standard InChI is InChI=1S/C16H15FN2/c1-10-4-3-5-12(6-10)7-15-14(17)8-13-11(2)18-9-16(13)19-15/h3-6,8H,7,9H2,1-2H3. The Kier molecular flexibility index (Phi) is 2.90. The lowest BCUT2D eigenvalue weighted by Gasteiger charge is -2.07. The Balaban J connectivity index is 1.95. The number of aromatic nitrogens is 1. The normalized spacial score (nSPS) is 13.3. The van der Waals surface area contributed by atoms with E-state index in [9.17, 15) is 4.39 Å². The molecule has 0 spiro atoms. The van der Waals surface area contributed by atoms with Crippen LogP contribution in [0.3, 0.4) is 0 Å². The number of fused-ring (bicyclic) bond motifs is 1. The molecule has 0 aliphatic carbocycles. The fraction of sp³-hybridized carbons (Fsp3) is 0.250. The minimum absolute atomic E-state index is 0.239. The summed E-state index contributed by atoms with van der Waals surface area (Å²) in [5.74, 6) is -0.239. The summed E-state index contributed by atoms with van der Waals surface area (Å²) < 4.78 is 14.1. The highest BCUT2D eigenvalue weighted by Gasteiger charge is 2.17. The van der Waals surface area contributed by atoms with E-state index in [4.69, 9.17) is 0 Å². The van der Waals surface area contributed by atoms with Crippen LogP contribution in [0.25, 0.3) is 0 Å². The Morgan fingerprint density at radius 1 is 1.21 bits per heavy atom. The molecule has 0 amide bonds. The zero-order chi connectivity index (χ0) is 13.4. The summed E-state index contributed by atoms with van der Waals surface area (Å²) in [6, 6.07) is 9.66. The molecule has 0 saturated heterocycles. The minimum atomic E-state index is -0.239. The van der Waals surface area contributed by atoms with Gasteiger partial charge in [-0.3, -0.25) is 9.98 Å². The van der Waals surface area contributed by atoms with Crippen molar-refractivity contribution in [3.05, 3.63) is 64.2 Å². The van der Waals surface area contributed by atoms with Crippen molar-refractivity contribution in [2.24, 2.45) is 4.99 Å². The van der Waals surface area contributed by atoms with Crippen molar-refractivity contribution in [1.29, 1.82) is 0 Å². The first-order valence-corrected chi connectivity index (χ1v) is 6.39. The van der Waals surface area contributed by atoms with Gasteiger partial charge in [0.2, 0.25) is 0 Å². The highest BCUT2D eigenvalue weighted by Crippen LogP contribution is 2.21. The highest BCUT2D eigenvalue weighted by molar-refractivity contribution is 6.01. The van der Waals surface area contributed by atoms with Gasteiger partial charge in [-0.1, -0.05) is 29.8 Å². The molecule has 0 fully saturated rings. The molecule has 0 bridgehead atoms. The van der Waals surface area contributed by atoms with Gasteiger partial charge in [0.1, 0.15) is 5.82 Å². The van der Waals surface area contributed by atoms with Crippen molar-refractivity contribution in [2.45, 2.75) is 26.8 Å². The number of nitrogens with zero attached hydrogens (tertiary/aromatic N) is 2. The average molecular weight is 254 g/mol. The van der Waals surface area contributed by atoms with E-state index in [0.717, 1.165) is 22.5 Å². The fourth-order valence-electron chi connectivity index (χ4n) is 2.42. The molecule has 2 heterocycles. The molecule has 0 N–H and O–H groups in total. The topological polar surface area (TPSA) is 25.2 Å². The summed E-state index contributed by atoms with van der Waals surface area (Å²) in [7, 11) is 0. The molecule has 0 saturated carbocycles. The lowest BCUT2D eigenvalue weighted by Crippen LogP contribution is -2.04. The third kappa shape index (κ3) is 2.28. The number of aryl methyl sites for hydroxylation is 1. The van der Waals surface area contributed by atoms with Crippen LogP contribution in [-0.2, 0) is 13.0 Å². The van der Waals surface area contributed by atoms with Crippen LogP contribution in [-0.4, -0.2) is 10.7 Å². The minimum Gasteiger partial charge on any atom is -0.283 e. The van der Waals surface area contributed by atoms with Crippen LogP contribution in [0.1, 0.15) is 35.0 Å². The van der Waals surface area contributed by atoms with E-state index in [0.29, 0.717) is 18.7 Å². The predicted molar refractivity (Wildman–Crippen MR) is 74.1 cm³/mol. The highest BCUT2D eigenvalue weighted by atomic mass is 19.1. The Labute approximate surface area is 112 Å². The van der Waals surface area contributed by atoms with Crippen LogP contribution in [0.2, 0.25) is 0 Å². The lowest BCUT2D eigenvalue weighted by molar-refractivity contribution is 0.601. The second-order valence-electron chi connectivity index (χ2n) is 4.98. The molecule has 3 rings (SSSR count). The number of aliphatic imine (C=N–C) groups is 1. The molecule has 19 heavy (non-hydrogen) atoms. The van der Waals surface area contributed by atoms with Gasteiger partial charge in [-0.25, -0.2) is 4.39 Å². The van der Waals surface area contributed by atoms with Gasteiger partial charge in [0.05, 0.1) is 17.9 Å². The van der Waals surface area contributed by atoms with E-state index in [1.807, 2.05) is 32.0 Å². The van der Waals surface area contributed by atoms with E-state index in [1.54, 1.807) is 6.07 Å². The molecule has 2 nitrogen and oxygen atoms in total. The van der Waals surface area contributed by atoms with Crippen LogP contribution < -0.4 is 0 Å². The first-order chi connectivity index (χ1) is 9.13. The molecule has 0 atom stereocenters. The maximum atomic E-state index is 14.1. The zero-order valence-corrected chi connectivity index (χ0v) is 11.1. The van der Waals surface area contributed by atoms with Crippen molar-refractivity contribution in [3.8, 4) is 0 Å². The van der Waals surface area contributed by atoms with E-state index < -0.39 is 0 Å². The van der Waals surface area contributed by atoms with Gasteiger partial charge in [-0.15, -0.1) is 0 Å². The van der Waals surface area contributed by atoms with Gasteiger partial charge in [0.15, 0.2) is 0 Å². The summed E-state index contributed by atoms with van der Waals surface area (Å²) in [5, 5.41) is 0. The molecule has 0 unspecified atom stereocenters. The second kappa shape index (κ2) is 4.57. The average Bonchev–Trinajstić information content (AvgIpc) is 2.71. The molecule has 1 aliphatic rings. The van der Waals surface area contributed by atoms with Crippen molar-refractivity contribution < 1.29 is 4.39 Å². The quantitative estimate of drug-likeness (QED) is 0.806. The number of hydrogen-bond acceptors (Lipinski definition) is 2. The van der Waals surface area contributed by atoms with Gasteiger partial charge in [-0.2, -0.15) is 0 Å². The Morgan fingerprint density at radius 3 is 2.84 bits per heavy atom. The summed E-state index contributed by atoms with van der Waals surface area (Å²) in [6.07, 6.45) is 0.528. The van der Waals surface area contributed by atoms with Crippen molar-refractivity contribution in [2.75, 3.05) is 0 Å². The van der Waals surface area contributed by atoms with Crippen molar-refractivity contribution in [3.63, 3.8) is 0 Å². The maximum absolute atomic E-state index is 14.1. The number of pyridine rings is 1. The molecular formula is C16H15FN2. The third-order valence-electron chi connectivity index (χ3n) is 3.44. The van der Waals surface area contributed by atoms with Gasteiger partial charge in [0.25, 0.3) is 0 Å². The maximum Gasteiger partial charge on any atom is 0.145 e. The number of halogens is 1. The summed E-state index contributed by atoms with van der Waals surface area (Å²) in [4.78, 5) is 8.73. The van der Waals surface area contributed by atoms with Gasteiger partial charge in [0, 0.05) is 17.7 Å². The van der Waals surface area contributed by atoms with E-state index in [-0.39, 0.29) is 5.82 Å². The van der Waals surface area contributed by atoms with E-state index >= 15 is 0 Å². The Hall–Kier alpha value is -2.03. The van der Waals surface area contributed by atoms with Gasteiger partial charge < -0.3 is 0 Å². The number of rotatable bonds is 2. The molecular weight excluding hydrogens is 239 g/mol. The summed E-state index contributed by atoms with van der Waals surface area (Å²) >= 11 is 0. The molecule has 1 aromatic carbocycles. The van der Waals surface area contributed by atoms with E-state index in [1.165, 1.54) is 5.56 Å². The van der Waals surface area contributed by atoms with Gasteiger partial charge >= 0.3 is 0 Å². The smallest absolute Gasteiger partial charge is 0.145 e. The molecule has 96 valence electrons. The summed E-state index contributed by atoms with van der Waals surface area (Å²) in [6.45, 7) is 4.50. The van der Waals surface area contributed by atoms with Crippen LogP contribution >= 0.6 is 0 Å². The SMILES string of the molecule is CC1=NCc2nc(Cc3cccc(C)c3)c(F)cc21. The molecule has 0 radical (unpaired) electrons. The molecule has 3 heteroatoms. The fourth-order valence-corrected chi connectivity index (χ4v) is 2.42. The largest absolute Gasteiger partial charge is 0.283 e. The van der Waals surface area contributed by atoms with Crippen LogP contribution in [0.4, 0.5) is 4.39 Å². The summed E-state index contributed by atoms with van der Waals surface area (Å²) in [5.41, 5.74) is 5.39. The molecule has 2 aromatic rings. The number of hydrogen-bond donors (Lipinski definition) is 0.